The molecule has 0 unspecified atom stereocenters. The molecule has 0 amide bonds. The normalized spacial score (nSPS) is 13.3. The zero-order valence-corrected chi connectivity index (χ0v) is 7.75. The number of nitrogens with two attached hydrogens (primary N) is 1. The first kappa shape index (κ1) is 11.0. The average molecular weight is 206 g/mol. The van der Waals surface area contributed by atoms with Gasteiger partial charge < -0.3 is 21.1 Å². The zero-order chi connectivity index (χ0) is 11.4. The van der Waals surface area contributed by atoms with E-state index in [4.69, 9.17) is 26.3 Å². The number of phenols is 2. The summed E-state index contributed by atoms with van der Waals surface area (Å²) in [4.78, 5) is 0. The van der Waals surface area contributed by atoms with E-state index in [-0.39, 0.29) is 17.1 Å². The Morgan fingerprint density at radius 1 is 1.40 bits per heavy atom. The van der Waals surface area contributed by atoms with Crippen molar-refractivity contribution in [2.24, 2.45) is 5.73 Å². The molecule has 0 aliphatic heterocycles. The van der Waals surface area contributed by atoms with Gasteiger partial charge in [0.2, 0.25) is 0 Å². The maximum Gasteiger partial charge on any atom is 0.157 e. The van der Waals surface area contributed by atoms with Gasteiger partial charge in [0.05, 0.1) is 11.6 Å². The van der Waals surface area contributed by atoms with Crippen molar-refractivity contribution >= 4 is 6.08 Å². The molecule has 1 aromatic carbocycles. The molecule has 0 saturated heterocycles. The molecule has 0 bridgehead atoms. The first-order valence-corrected chi connectivity index (χ1v) is 4.12. The van der Waals surface area contributed by atoms with Crippen molar-refractivity contribution < 1.29 is 15.3 Å². The molecule has 78 valence electrons. The van der Waals surface area contributed by atoms with Gasteiger partial charge in [0, 0.05) is 0 Å². The van der Waals surface area contributed by atoms with Gasteiger partial charge in [-0.2, -0.15) is 5.26 Å². The lowest BCUT2D eigenvalue weighted by molar-refractivity contribution is 0.225. The maximum absolute atomic E-state index is 9.17. The van der Waals surface area contributed by atoms with Crippen LogP contribution in [0, 0.1) is 11.3 Å². The smallest absolute Gasteiger partial charge is 0.157 e. The molecular formula is C10H10N2O3. The van der Waals surface area contributed by atoms with Crippen LogP contribution in [-0.4, -0.2) is 21.5 Å². The van der Waals surface area contributed by atoms with Crippen LogP contribution in [0.25, 0.3) is 6.08 Å². The lowest BCUT2D eigenvalue weighted by Crippen LogP contribution is -2.20. The van der Waals surface area contributed by atoms with Crippen LogP contribution in [0.1, 0.15) is 5.56 Å². The third-order valence-electron chi connectivity index (χ3n) is 1.77. The van der Waals surface area contributed by atoms with Gasteiger partial charge in [-0.25, -0.2) is 0 Å². The zero-order valence-electron chi connectivity index (χ0n) is 7.75. The van der Waals surface area contributed by atoms with Crippen molar-refractivity contribution in [2.75, 3.05) is 0 Å². The Morgan fingerprint density at radius 3 is 2.53 bits per heavy atom. The number of benzene rings is 1. The highest BCUT2D eigenvalue weighted by molar-refractivity contribution is 5.61. The van der Waals surface area contributed by atoms with E-state index in [1.54, 1.807) is 6.07 Å². The molecule has 5 nitrogen and oxygen atoms in total. The molecule has 0 aliphatic carbocycles. The van der Waals surface area contributed by atoms with Gasteiger partial charge in [0.25, 0.3) is 0 Å². The quantitative estimate of drug-likeness (QED) is 0.315. The second-order valence-corrected chi connectivity index (χ2v) is 2.90. The topological polar surface area (TPSA) is 110 Å². The standard InChI is InChI=1S/C10H10N2O3/c11-5-7(10(12)15)3-6-1-2-8(13)9(14)4-6/h1-4,10,13-15H,12H2/b7-3+/t10-/m1/s1. The maximum atomic E-state index is 9.17. The summed E-state index contributed by atoms with van der Waals surface area (Å²) in [5.74, 6) is -0.550. The van der Waals surface area contributed by atoms with Crippen LogP contribution in [0.2, 0.25) is 0 Å². The van der Waals surface area contributed by atoms with E-state index in [1.165, 1.54) is 24.3 Å². The molecule has 0 aliphatic rings. The van der Waals surface area contributed by atoms with Gasteiger partial charge in [0.15, 0.2) is 11.5 Å². The van der Waals surface area contributed by atoms with Crippen molar-refractivity contribution in [3.05, 3.63) is 29.3 Å². The van der Waals surface area contributed by atoms with Crippen molar-refractivity contribution in [2.45, 2.75) is 6.23 Å². The van der Waals surface area contributed by atoms with E-state index in [9.17, 15) is 0 Å². The Kier molecular flexibility index (Phi) is 3.29. The second kappa shape index (κ2) is 4.46. The van der Waals surface area contributed by atoms with Gasteiger partial charge in [-0.05, 0) is 23.8 Å². The molecule has 1 aromatic rings. The molecule has 5 heteroatoms. The lowest BCUT2D eigenvalue weighted by atomic mass is 10.1. The van der Waals surface area contributed by atoms with Crippen LogP contribution in [0.15, 0.2) is 23.8 Å². The van der Waals surface area contributed by atoms with Crippen molar-refractivity contribution in [1.82, 2.24) is 0 Å². The molecule has 1 rings (SSSR count). The molecule has 0 radical (unpaired) electrons. The summed E-state index contributed by atoms with van der Waals surface area (Å²) in [6.07, 6.45) is -0.0324. The number of nitriles is 1. The largest absolute Gasteiger partial charge is 0.504 e. The van der Waals surface area contributed by atoms with E-state index in [2.05, 4.69) is 0 Å². The van der Waals surface area contributed by atoms with Crippen LogP contribution < -0.4 is 5.73 Å². The minimum atomic E-state index is -1.36. The van der Waals surface area contributed by atoms with E-state index >= 15 is 0 Å². The predicted molar refractivity (Wildman–Crippen MR) is 53.6 cm³/mol. The number of hydrogen-bond acceptors (Lipinski definition) is 5. The highest BCUT2D eigenvalue weighted by atomic mass is 16.3. The Balaban J connectivity index is 3.08. The summed E-state index contributed by atoms with van der Waals surface area (Å²) in [6, 6.07) is 5.74. The van der Waals surface area contributed by atoms with Crippen molar-refractivity contribution in [3.8, 4) is 17.6 Å². The molecule has 0 saturated carbocycles. The highest BCUT2D eigenvalue weighted by Gasteiger charge is 2.05. The van der Waals surface area contributed by atoms with Gasteiger partial charge in [-0.15, -0.1) is 0 Å². The molecular weight excluding hydrogens is 196 g/mol. The molecule has 1 atom stereocenters. The fraction of sp³-hybridized carbons (Fsp3) is 0.100. The van der Waals surface area contributed by atoms with Gasteiger partial charge in [-0.3, -0.25) is 0 Å². The summed E-state index contributed by atoms with van der Waals surface area (Å²) in [7, 11) is 0. The Bertz CT molecular complexity index is 433. The van der Waals surface area contributed by atoms with Gasteiger partial charge in [0.1, 0.15) is 6.23 Å². The first-order chi connectivity index (χ1) is 7.04. The minimum absolute atomic E-state index is 0.0277. The number of nitrogens with zero attached hydrogens (tertiary/aromatic N) is 1. The van der Waals surface area contributed by atoms with E-state index in [0.29, 0.717) is 5.56 Å². The monoisotopic (exact) mass is 206 g/mol. The van der Waals surface area contributed by atoms with Crippen LogP contribution in [0.5, 0.6) is 11.5 Å². The number of aliphatic hydroxyl groups is 1. The van der Waals surface area contributed by atoms with Gasteiger partial charge >= 0.3 is 0 Å². The van der Waals surface area contributed by atoms with E-state index in [0.717, 1.165) is 0 Å². The second-order valence-electron chi connectivity index (χ2n) is 2.90. The highest BCUT2D eigenvalue weighted by Crippen LogP contribution is 2.25. The number of hydrogen-bond donors (Lipinski definition) is 4. The van der Waals surface area contributed by atoms with Crippen LogP contribution in [-0.2, 0) is 0 Å². The van der Waals surface area contributed by atoms with Crippen LogP contribution in [0.3, 0.4) is 0 Å². The number of phenolic OH excluding ortho intramolecular Hbond substituents is 2. The molecule has 5 N–H and O–H groups in total. The van der Waals surface area contributed by atoms with Crippen LogP contribution in [0.4, 0.5) is 0 Å². The molecule has 0 spiro atoms. The lowest BCUT2D eigenvalue weighted by Gasteiger charge is -2.02. The minimum Gasteiger partial charge on any atom is -0.504 e. The molecule has 15 heavy (non-hydrogen) atoms. The summed E-state index contributed by atoms with van der Waals surface area (Å²) in [5.41, 5.74) is 5.55. The molecule has 0 heterocycles. The number of aromatic hydroxyl groups is 2. The first-order valence-electron chi connectivity index (χ1n) is 4.12. The Hall–Kier alpha value is -2.03. The molecule has 0 fully saturated rings. The van der Waals surface area contributed by atoms with Gasteiger partial charge in [-0.1, -0.05) is 6.07 Å². The third-order valence-corrected chi connectivity index (χ3v) is 1.77. The fourth-order valence-electron chi connectivity index (χ4n) is 0.994. The average Bonchev–Trinajstić information content (AvgIpc) is 2.19. The summed E-state index contributed by atoms with van der Waals surface area (Å²) in [6.45, 7) is 0. The van der Waals surface area contributed by atoms with Crippen molar-refractivity contribution in [1.29, 1.82) is 5.26 Å². The third kappa shape index (κ3) is 2.71. The molecule has 0 aromatic heterocycles. The Labute approximate surface area is 86.3 Å². The Morgan fingerprint density at radius 2 is 2.07 bits per heavy atom. The van der Waals surface area contributed by atoms with Crippen molar-refractivity contribution in [3.63, 3.8) is 0 Å². The van der Waals surface area contributed by atoms with E-state index < -0.39 is 6.23 Å². The van der Waals surface area contributed by atoms with E-state index in [1.807, 2.05) is 0 Å². The predicted octanol–water partition coefficient (Wildman–Crippen LogP) is 0.282. The summed E-state index contributed by atoms with van der Waals surface area (Å²) in [5, 5.41) is 35.8. The number of rotatable bonds is 2. The summed E-state index contributed by atoms with van der Waals surface area (Å²) >= 11 is 0. The van der Waals surface area contributed by atoms with Crippen LogP contribution >= 0.6 is 0 Å². The SMILES string of the molecule is N#C/C(=C\c1ccc(O)c(O)c1)[C@H](N)O. The summed E-state index contributed by atoms with van der Waals surface area (Å²) < 4.78 is 0. The number of aliphatic hydroxyl groups excluding tert-OH is 1. The fourth-order valence-corrected chi connectivity index (χ4v) is 0.994.